The molecular weight excluding hydrogens is 877 g/mol. The first-order valence-corrected chi connectivity index (χ1v) is 21.5. The Kier molecular flexibility index (Phi) is 8.63. The highest BCUT2D eigenvalue weighted by Crippen LogP contribution is 2.38. The number of imidazole rings is 1. The smallest absolute Gasteiger partial charge is 0.266 e. The molecule has 12 rings (SSSR count). The van der Waals surface area contributed by atoms with Crippen LogP contribution in [0, 0.1) is 6.92 Å². The van der Waals surface area contributed by atoms with Gasteiger partial charge in [-0.25, -0.2) is 19.7 Å². The highest BCUT2D eigenvalue weighted by molar-refractivity contribution is 6.37. The molecule has 0 saturated heterocycles. The summed E-state index contributed by atoms with van der Waals surface area (Å²) in [5.74, 6) is -4.42. The molecule has 15 heteroatoms. The van der Waals surface area contributed by atoms with Crippen LogP contribution >= 0.6 is 0 Å². The van der Waals surface area contributed by atoms with Gasteiger partial charge in [-0.05, 0) is 133 Å². The van der Waals surface area contributed by atoms with Gasteiger partial charge in [0.05, 0.1) is 72.6 Å². The molecule has 0 spiro atoms. The highest BCUT2D eigenvalue weighted by Gasteiger charge is 2.41. The van der Waals surface area contributed by atoms with Crippen molar-refractivity contribution in [1.82, 2.24) is 14.9 Å². The number of aromatic nitrogens is 2. The third-order valence-electron chi connectivity index (χ3n) is 13.0. The molecule has 4 aliphatic rings. The van der Waals surface area contributed by atoms with Gasteiger partial charge in [0.25, 0.3) is 47.3 Å². The van der Waals surface area contributed by atoms with E-state index in [9.17, 15) is 43.2 Å². The number of nitrogens with one attached hydrogen (secondary N) is 1. The van der Waals surface area contributed by atoms with E-state index in [4.69, 9.17) is 0 Å². The second-order valence-corrected chi connectivity index (χ2v) is 17.0. The lowest BCUT2D eigenvalue weighted by molar-refractivity contribution is 0.0690. The Labute approximate surface area is 389 Å². The molecule has 1 N–H and O–H groups in total. The zero-order valence-electron chi connectivity index (χ0n) is 36.2. The lowest BCUT2D eigenvalue weighted by atomic mass is 9.96. The van der Waals surface area contributed by atoms with Gasteiger partial charge < -0.3 is 4.98 Å². The van der Waals surface area contributed by atoms with E-state index in [0.29, 0.717) is 22.6 Å². The summed E-state index contributed by atoms with van der Waals surface area (Å²) in [5, 5.41) is 0. The van der Waals surface area contributed by atoms with Gasteiger partial charge in [-0.3, -0.25) is 48.1 Å². The Morgan fingerprint density at radius 2 is 0.783 bits per heavy atom. The van der Waals surface area contributed by atoms with Crippen molar-refractivity contribution >= 4 is 81.1 Å². The Balaban J connectivity index is 0.753. The molecule has 8 amide bonds. The first-order chi connectivity index (χ1) is 33.2. The lowest BCUT2D eigenvalue weighted by Gasteiger charge is -2.17. The molecule has 0 unspecified atom stereocenters. The van der Waals surface area contributed by atoms with Gasteiger partial charge in [-0.2, -0.15) is 0 Å². The minimum absolute atomic E-state index is 0.0182. The average molecular weight is 907 g/mol. The first kappa shape index (κ1) is 40.7. The predicted molar refractivity (Wildman–Crippen MR) is 251 cm³/mol. The number of imide groups is 4. The number of hydrogen-bond acceptors (Lipinski definition) is 10. The van der Waals surface area contributed by atoms with E-state index in [1.165, 1.54) is 73.8 Å². The maximum absolute atomic E-state index is 13.9. The number of aromatic amines is 1. The number of hydrogen-bond donors (Lipinski definition) is 1. The van der Waals surface area contributed by atoms with Crippen molar-refractivity contribution in [2.45, 2.75) is 6.92 Å². The summed E-state index contributed by atoms with van der Waals surface area (Å²) >= 11 is 0. The van der Waals surface area contributed by atoms with Crippen LogP contribution in [-0.4, -0.2) is 75.0 Å². The van der Waals surface area contributed by atoms with Crippen molar-refractivity contribution in [2.24, 2.45) is 0 Å². The van der Waals surface area contributed by atoms with Crippen LogP contribution in [-0.2, 0) is 0 Å². The Bertz CT molecular complexity index is 3800. The van der Waals surface area contributed by atoms with Crippen LogP contribution in [0.2, 0.25) is 0 Å². The van der Waals surface area contributed by atoms with Crippen LogP contribution in [0.15, 0.2) is 140 Å². The largest absolute Gasteiger partial charge is 0.338 e. The normalized spacial score (nSPS) is 15.0. The fourth-order valence-electron chi connectivity index (χ4n) is 9.37. The Morgan fingerprint density at radius 3 is 1.28 bits per heavy atom. The molecule has 0 bridgehead atoms. The molecule has 15 nitrogen and oxygen atoms in total. The molecule has 4 aliphatic heterocycles. The van der Waals surface area contributed by atoms with Crippen LogP contribution in [0.25, 0.3) is 33.5 Å². The van der Waals surface area contributed by atoms with Gasteiger partial charge in [0.2, 0.25) is 0 Å². The van der Waals surface area contributed by atoms with Crippen molar-refractivity contribution in [3.8, 4) is 22.5 Å². The van der Waals surface area contributed by atoms with Gasteiger partial charge in [0.15, 0.2) is 5.78 Å². The van der Waals surface area contributed by atoms with Crippen LogP contribution in [0.4, 0.5) is 17.1 Å². The van der Waals surface area contributed by atoms with Crippen molar-refractivity contribution in [2.75, 3.05) is 21.7 Å². The summed E-state index contributed by atoms with van der Waals surface area (Å²) in [6, 6.07) is 36.5. The number of aryl methyl sites for hydroxylation is 1. The molecule has 7 aromatic carbocycles. The number of carbonyl (C=O) groups is 9. The minimum atomic E-state index is -0.698. The fraction of sp³-hybridized carbons (Fsp3) is 0.0370. The number of carbonyl (C=O) groups excluding carboxylic acids is 9. The molecule has 330 valence electrons. The number of anilines is 3. The van der Waals surface area contributed by atoms with E-state index < -0.39 is 53.0 Å². The molecular formula is C54H30N6O9. The lowest BCUT2D eigenvalue weighted by Crippen LogP contribution is -2.30. The van der Waals surface area contributed by atoms with E-state index in [2.05, 4.69) is 9.97 Å². The third-order valence-corrected chi connectivity index (χ3v) is 13.0. The number of ketones is 1. The summed E-state index contributed by atoms with van der Waals surface area (Å²) in [7, 11) is 1.35. The molecule has 5 heterocycles. The molecule has 0 aliphatic carbocycles. The average Bonchev–Trinajstić information content (AvgIpc) is 4.10. The van der Waals surface area contributed by atoms with Gasteiger partial charge in [-0.1, -0.05) is 30.3 Å². The van der Waals surface area contributed by atoms with Crippen LogP contribution in [0.5, 0.6) is 0 Å². The van der Waals surface area contributed by atoms with Crippen molar-refractivity contribution in [1.29, 1.82) is 0 Å². The summed E-state index contributed by atoms with van der Waals surface area (Å²) in [4.78, 5) is 133. The van der Waals surface area contributed by atoms with E-state index in [-0.39, 0.29) is 67.0 Å². The summed E-state index contributed by atoms with van der Waals surface area (Å²) in [6.45, 7) is 2.00. The van der Waals surface area contributed by atoms with Crippen molar-refractivity contribution in [3.63, 3.8) is 0 Å². The predicted octanol–water partition coefficient (Wildman–Crippen LogP) is 8.06. The Morgan fingerprint density at radius 1 is 0.406 bits per heavy atom. The number of fused-ring (bicyclic) bond motifs is 5. The van der Waals surface area contributed by atoms with E-state index in [0.717, 1.165) is 41.8 Å². The monoisotopic (exact) mass is 906 g/mol. The zero-order chi connectivity index (χ0) is 47.7. The third kappa shape index (κ3) is 6.00. The standard InChI is InChI=1S/C54H30N6O9/c1-26-3-20-43-44(21-26)56-46(55-43)27-4-10-32(11-5-27)58-49(64)36-16-6-28(22-40(36)52(58)67)29-7-17-37-41(23-29)53(68)59(50(37)65)33-12-14-34(15-13-33)60-51(66)38-19-9-31(25-42(38)54(60)69)45(61)30-8-18-35-39(24-30)48(63)57(2)47(35)62/h3-25H,1-2H3,(H,55,56). The highest BCUT2D eigenvalue weighted by atomic mass is 16.2. The van der Waals surface area contributed by atoms with Crippen molar-refractivity contribution in [3.05, 3.63) is 201 Å². The molecule has 1 aromatic heterocycles. The number of amides is 8. The van der Waals surface area contributed by atoms with E-state index in [1.807, 2.05) is 25.1 Å². The fourth-order valence-corrected chi connectivity index (χ4v) is 9.37. The second kappa shape index (κ2) is 14.6. The molecule has 0 radical (unpaired) electrons. The van der Waals surface area contributed by atoms with Crippen LogP contribution < -0.4 is 14.7 Å². The van der Waals surface area contributed by atoms with Gasteiger partial charge in [0, 0.05) is 23.7 Å². The minimum Gasteiger partial charge on any atom is -0.338 e. The molecule has 8 aromatic rings. The van der Waals surface area contributed by atoms with Gasteiger partial charge >= 0.3 is 0 Å². The van der Waals surface area contributed by atoms with Crippen molar-refractivity contribution < 1.29 is 43.2 Å². The Hall–Kier alpha value is -9.76. The van der Waals surface area contributed by atoms with E-state index >= 15 is 0 Å². The molecule has 69 heavy (non-hydrogen) atoms. The SMILES string of the molecule is Cc1ccc2nc(-c3ccc(N4C(=O)c5ccc(-c6ccc7c(c6)C(=O)N(c6ccc(N8C(=O)c9ccc(C(=O)c%10ccc%11c(c%10)C(=O)N(C)C%11=O)cc9C8=O)cc6)C7=O)cc5C4=O)cc3)[nH]c2c1. The number of benzene rings is 7. The van der Waals surface area contributed by atoms with Gasteiger partial charge in [0.1, 0.15) is 5.82 Å². The van der Waals surface area contributed by atoms with E-state index in [1.54, 1.807) is 54.6 Å². The van der Waals surface area contributed by atoms with Gasteiger partial charge in [-0.15, -0.1) is 0 Å². The molecule has 0 atom stereocenters. The summed E-state index contributed by atoms with van der Waals surface area (Å²) in [5.41, 5.74) is 6.59. The molecule has 0 fully saturated rings. The first-order valence-electron chi connectivity index (χ1n) is 21.5. The summed E-state index contributed by atoms with van der Waals surface area (Å²) in [6.07, 6.45) is 0. The van der Waals surface area contributed by atoms with Crippen LogP contribution in [0.3, 0.4) is 0 Å². The second-order valence-electron chi connectivity index (χ2n) is 17.0. The number of rotatable bonds is 7. The number of H-pyrrole nitrogens is 1. The topological polar surface area (TPSA) is 195 Å². The maximum Gasteiger partial charge on any atom is 0.266 e. The molecule has 0 saturated carbocycles. The summed E-state index contributed by atoms with van der Waals surface area (Å²) < 4.78 is 0. The zero-order valence-corrected chi connectivity index (χ0v) is 36.2. The quantitative estimate of drug-likeness (QED) is 0.121. The maximum atomic E-state index is 13.9. The number of nitrogens with zero attached hydrogens (tertiary/aromatic N) is 5. The van der Waals surface area contributed by atoms with Crippen LogP contribution in [0.1, 0.15) is 104 Å².